The number of anilines is 1. The molecule has 2 aromatic rings. The molecule has 0 radical (unpaired) electrons. The number of nitrogens with zero attached hydrogens (tertiary/aromatic N) is 2. The molecule has 7 N–H and O–H groups in total. The van der Waals surface area contributed by atoms with E-state index in [4.69, 9.17) is 15.5 Å². The molecule has 1 saturated carbocycles. The SMILES string of the molecule is N[C@H]1CCCC[C@H]1Nc1cccc2nc(C3C(=O)NC(N4CCOCC4)NC3N[C@@H]3CCCNC3)sc12. The minimum Gasteiger partial charge on any atom is -0.380 e. The zero-order valence-corrected chi connectivity index (χ0v) is 22.2. The van der Waals surface area contributed by atoms with Gasteiger partial charge in [-0.15, -0.1) is 11.3 Å². The highest BCUT2D eigenvalue weighted by Gasteiger charge is 2.42. The standard InChI is InChI=1S/C26H40N8O2S/c27-17-6-1-2-7-18(17)30-19-8-3-9-20-22(19)37-25(31-20)21-23(29-16-5-4-10-28-15-16)32-26(33-24(21)35)34-11-13-36-14-12-34/h3,8-9,16-18,21,23,26,28-30,32H,1-2,4-7,10-15,27H2,(H,33,35)/t16-,17+,18-,21?,23?,26?/m1/s1. The number of nitrogens with two attached hydrogens (primary N) is 1. The summed E-state index contributed by atoms with van der Waals surface area (Å²) < 4.78 is 6.63. The molecule has 11 heteroatoms. The van der Waals surface area contributed by atoms with E-state index in [1.807, 2.05) is 12.1 Å². The Bertz CT molecular complexity index is 1070. The van der Waals surface area contributed by atoms with Gasteiger partial charge in [-0.3, -0.25) is 20.3 Å². The van der Waals surface area contributed by atoms with Gasteiger partial charge in [-0.2, -0.15) is 0 Å². The Kier molecular flexibility index (Phi) is 7.89. The lowest BCUT2D eigenvalue weighted by Gasteiger charge is -2.44. The number of rotatable bonds is 6. The molecule has 10 nitrogen and oxygen atoms in total. The average Bonchev–Trinajstić information content (AvgIpc) is 3.35. The van der Waals surface area contributed by atoms with Crippen LogP contribution in [-0.2, 0) is 9.53 Å². The summed E-state index contributed by atoms with van der Waals surface area (Å²) in [6.45, 7) is 4.90. The maximum Gasteiger partial charge on any atom is 0.235 e. The summed E-state index contributed by atoms with van der Waals surface area (Å²) >= 11 is 1.62. The normalized spacial score (nSPS) is 33.8. The van der Waals surface area contributed by atoms with E-state index in [0.29, 0.717) is 19.3 Å². The molecule has 6 rings (SSSR count). The zero-order valence-electron chi connectivity index (χ0n) is 21.4. The highest BCUT2D eigenvalue weighted by molar-refractivity contribution is 7.19. The van der Waals surface area contributed by atoms with Crippen LogP contribution < -0.4 is 32.3 Å². The number of carbonyl (C=O) groups excluding carboxylic acids is 1. The second-order valence-corrected chi connectivity index (χ2v) is 11.8. The van der Waals surface area contributed by atoms with Crippen molar-refractivity contribution in [3.05, 3.63) is 23.2 Å². The minimum atomic E-state index is -0.415. The number of morpholine rings is 1. The maximum absolute atomic E-state index is 13.7. The first-order chi connectivity index (χ1) is 18.2. The third kappa shape index (κ3) is 5.63. The third-order valence-electron chi connectivity index (χ3n) is 8.21. The fraction of sp³-hybridized carbons (Fsp3) is 0.692. The van der Waals surface area contributed by atoms with Gasteiger partial charge in [0.05, 0.1) is 35.3 Å². The van der Waals surface area contributed by atoms with E-state index in [1.165, 1.54) is 12.8 Å². The predicted octanol–water partition coefficient (Wildman–Crippen LogP) is 1.06. The Morgan fingerprint density at radius 2 is 2.00 bits per heavy atom. The van der Waals surface area contributed by atoms with E-state index in [0.717, 1.165) is 72.8 Å². The van der Waals surface area contributed by atoms with Crippen LogP contribution in [0.4, 0.5) is 5.69 Å². The van der Waals surface area contributed by atoms with Gasteiger partial charge in [0.2, 0.25) is 5.91 Å². The van der Waals surface area contributed by atoms with Gasteiger partial charge in [-0.05, 0) is 44.4 Å². The highest BCUT2D eigenvalue weighted by atomic mass is 32.1. The lowest BCUT2D eigenvalue weighted by molar-refractivity contribution is -0.131. The number of amides is 1. The van der Waals surface area contributed by atoms with Crippen molar-refractivity contribution < 1.29 is 9.53 Å². The number of hydrogen-bond donors (Lipinski definition) is 6. The number of benzene rings is 1. The van der Waals surface area contributed by atoms with Crippen LogP contribution in [0.2, 0.25) is 0 Å². The molecular formula is C26H40N8O2S. The number of aromatic nitrogens is 1. The Labute approximate surface area is 222 Å². The van der Waals surface area contributed by atoms with Gasteiger partial charge < -0.3 is 26.4 Å². The molecule has 37 heavy (non-hydrogen) atoms. The predicted molar refractivity (Wildman–Crippen MR) is 146 cm³/mol. The number of nitrogens with one attached hydrogen (secondary N) is 5. The summed E-state index contributed by atoms with van der Waals surface area (Å²) in [4.78, 5) is 20.9. The van der Waals surface area contributed by atoms with Crippen molar-refractivity contribution in [2.24, 2.45) is 5.73 Å². The molecule has 0 bridgehead atoms. The molecule has 3 saturated heterocycles. The van der Waals surface area contributed by atoms with E-state index in [1.54, 1.807) is 11.3 Å². The summed E-state index contributed by atoms with van der Waals surface area (Å²) in [5, 5.41) is 18.8. The molecule has 4 aliphatic rings. The highest BCUT2D eigenvalue weighted by Crippen LogP contribution is 2.36. The van der Waals surface area contributed by atoms with E-state index in [9.17, 15) is 4.79 Å². The van der Waals surface area contributed by atoms with Gasteiger partial charge in [0, 0.05) is 37.8 Å². The first-order valence-corrected chi connectivity index (χ1v) is 14.7. The minimum absolute atomic E-state index is 0.0133. The lowest BCUT2D eigenvalue weighted by Crippen LogP contribution is -2.71. The summed E-state index contributed by atoms with van der Waals surface area (Å²) in [6.07, 6.45) is 6.35. The van der Waals surface area contributed by atoms with Gasteiger partial charge in [-0.25, -0.2) is 4.98 Å². The second kappa shape index (κ2) is 11.5. The Morgan fingerprint density at radius 1 is 1.14 bits per heavy atom. The van der Waals surface area contributed by atoms with Crippen LogP contribution in [-0.4, -0.2) is 85.8 Å². The molecule has 0 spiro atoms. The van der Waals surface area contributed by atoms with Crippen LogP contribution in [0.15, 0.2) is 18.2 Å². The summed E-state index contributed by atoms with van der Waals surface area (Å²) in [5.41, 5.74) is 8.43. The first kappa shape index (κ1) is 25.4. The molecule has 1 aliphatic carbocycles. The summed E-state index contributed by atoms with van der Waals surface area (Å²) in [6, 6.07) is 6.94. The molecule has 1 amide bonds. The van der Waals surface area contributed by atoms with Crippen LogP contribution in [0, 0.1) is 0 Å². The van der Waals surface area contributed by atoms with Gasteiger partial charge >= 0.3 is 0 Å². The molecule has 6 atom stereocenters. The smallest absolute Gasteiger partial charge is 0.235 e. The van der Waals surface area contributed by atoms with Crippen molar-refractivity contribution in [3.8, 4) is 0 Å². The Morgan fingerprint density at radius 3 is 2.81 bits per heavy atom. The van der Waals surface area contributed by atoms with E-state index in [2.05, 4.69) is 37.6 Å². The molecule has 1 aromatic heterocycles. The zero-order chi connectivity index (χ0) is 25.2. The fourth-order valence-corrected chi connectivity index (χ4v) is 7.29. The largest absolute Gasteiger partial charge is 0.380 e. The molecule has 1 aromatic carbocycles. The topological polar surface area (TPSA) is 129 Å². The molecule has 4 fully saturated rings. The van der Waals surface area contributed by atoms with Crippen molar-refractivity contribution >= 4 is 33.1 Å². The molecular weight excluding hydrogens is 488 g/mol. The van der Waals surface area contributed by atoms with Crippen LogP contribution in [0.25, 0.3) is 10.2 Å². The number of carbonyl (C=O) groups is 1. The van der Waals surface area contributed by atoms with Crippen LogP contribution in [0.5, 0.6) is 0 Å². The third-order valence-corrected chi connectivity index (χ3v) is 9.40. The van der Waals surface area contributed by atoms with Crippen molar-refractivity contribution in [1.29, 1.82) is 0 Å². The van der Waals surface area contributed by atoms with Gasteiger partial charge in [0.25, 0.3) is 0 Å². The fourth-order valence-electron chi connectivity index (χ4n) is 6.11. The summed E-state index contributed by atoms with van der Waals surface area (Å²) in [5.74, 6) is -0.402. The molecule has 3 unspecified atom stereocenters. The van der Waals surface area contributed by atoms with Crippen LogP contribution in [0.3, 0.4) is 0 Å². The number of ether oxygens (including phenoxy) is 1. The van der Waals surface area contributed by atoms with E-state index >= 15 is 0 Å². The summed E-state index contributed by atoms with van der Waals surface area (Å²) in [7, 11) is 0. The number of fused-ring (bicyclic) bond motifs is 1. The van der Waals surface area contributed by atoms with Crippen molar-refractivity contribution in [2.75, 3.05) is 44.7 Å². The number of hydrogen-bond acceptors (Lipinski definition) is 10. The Balaban J connectivity index is 1.27. The average molecular weight is 529 g/mol. The second-order valence-electron chi connectivity index (χ2n) is 10.8. The monoisotopic (exact) mass is 528 g/mol. The van der Waals surface area contributed by atoms with Crippen molar-refractivity contribution in [3.63, 3.8) is 0 Å². The van der Waals surface area contributed by atoms with Crippen molar-refractivity contribution in [1.82, 2.24) is 31.2 Å². The maximum atomic E-state index is 13.7. The van der Waals surface area contributed by atoms with Crippen molar-refractivity contribution in [2.45, 2.75) is 75.0 Å². The Hall–Kier alpha value is -1.86. The lowest BCUT2D eigenvalue weighted by atomic mass is 9.91. The van der Waals surface area contributed by atoms with E-state index < -0.39 is 5.92 Å². The number of thiazole rings is 1. The first-order valence-electron chi connectivity index (χ1n) is 13.9. The van der Waals surface area contributed by atoms with Gasteiger partial charge in [0.1, 0.15) is 17.2 Å². The molecule has 4 heterocycles. The quantitative estimate of drug-likeness (QED) is 0.326. The van der Waals surface area contributed by atoms with Gasteiger partial charge in [0.15, 0.2) is 0 Å². The number of piperidine rings is 1. The molecule has 202 valence electrons. The van der Waals surface area contributed by atoms with E-state index in [-0.39, 0.29) is 30.4 Å². The van der Waals surface area contributed by atoms with Gasteiger partial charge in [-0.1, -0.05) is 18.9 Å². The van der Waals surface area contributed by atoms with Crippen LogP contribution in [0.1, 0.15) is 49.5 Å². The molecule has 3 aliphatic heterocycles. The van der Waals surface area contributed by atoms with Crippen LogP contribution >= 0.6 is 11.3 Å².